The van der Waals surface area contributed by atoms with E-state index < -0.39 is 17.2 Å². The highest BCUT2D eigenvalue weighted by molar-refractivity contribution is 8.00. The summed E-state index contributed by atoms with van der Waals surface area (Å²) >= 11 is 1.44. The van der Waals surface area contributed by atoms with Crippen LogP contribution in [0.5, 0.6) is 0 Å². The Morgan fingerprint density at radius 3 is 2.42 bits per heavy atom. The SMILES string of the molecule is CCOC(=O)c1c2n(c3cc(-c4ccccc4)c(F)cc3c1=O)C(c1ccccc1)S2. The molecule has 3 aromatic carbocycles. The predicted octanol–water partition coefficient (Wildman–Crippen LogP) is 5.64. The molecule has 2 heterocycles. The number of halogens is 1. The van der Waals surface area contributed by atoms with E-state index in [1.165, 1.54) is 17.8 Å². The number of benzene rings is 3. The van der Waals surface area contributed by atoms with Gasteiger partial charge in [-0.05, 0) is 30.2 Å². The number of carbonyl (C=O) groups excluding carboxylic acids is 1. The third kappa shape index (κ3) is 3.15. The zero-order valence-corrected chi connectivity index (χ0v) is 17.5. The van der Waals surface area contributed by atoms with E-state index in [1.54, 1.807) is 13.0 Å². The van der Waals surface area contributed by atoms with Crippen LogP contribution < -0.4 is 5.43 Å². The highest BCUT2D eigenvalue weighted by Crippen LogP contribution is 2.50. The Hall–Kier alpha value is -3.38. The standard InChI is InChI=1S/C25H18FNO3S/c1-2-30-25(29)21-22(28)18-13-19(26)17(15-9-5-3-6-10-15)14-20(18)27-23(31-24(21)27)16-11-7-4-8-12-16/h3-14,23H,2H2,1H3. The minimum Gasteiger partial charge on any atom is -0.462 e. The number of ether oxygens (including phenoxy) is 1. The van der Waals surface area contributed by atoms with E-state index in [0.29, 0.717) is 16.1 Å². The van der Waals surface area contributed by atoms with Crippen molar-refractivity contribution in [3.63, 3.8) is 0 Å². The fourth-order valence-electron chi connectivity index (χ4n) is 3.92. The lowest BCUT2D eigenvalue weighted by atomic mass is 10.0. The summed E-state index contributed by atoms with van der Waals surface area (Å²) in [6.45, 7) is 1.85. The van der Waals surface area contributed by atoms with Gasteiger partial charge in [-0.2, -0.15) is 0 Å². The summed E-state index contributed by atoms with van der Waals surface area (Å²) in [6, 6.07) is 22.0. The number of esters is 1. The average molecular weight is 431 g/mol. The van der Waals surface area contributed by atoms with Crippen LogP contribution >= 0.6 is 11.8 Å². The molecule has 0 bridgehead atoms. The fraction of sp³-hybridized carbons (Fsp3) is 0.120. The van der Waals surface area contributed by atoms with E-state index in [-0.39, 0.29) is 22.9 Å². The number of hydrogen-bond donors (Lipinski definition) is 0. The molecule has 154 valence electrons. The smallest absolute Gasteiger partial charge is 0.344 e. The van der Waals surface area contributed by atoms with Crippen LogP contribution in [0, 0.1) is 5.82 Å². The molecule has 0 radical (unpaired) electrons. The summed E-state index contributed by atoms with van der Waals surface area (Å²) in [5, 5.41) is 0.599. The van der Waals surface area contributed by atoms with E-state index in [0.717, 1.165) is 11.1 Å². The van der Waals surface area contributed by atoms with Crippen molar-refractivity contribution >= 4 is 28.6 Å². The van der Waals surface area contributed by atoms with Crippen molar-refractivity contribution in [2.24, 2.45) is 0 Å². The molecular weight excluding hydrogens is 413 g/mol. The number of carbonyl (C=O) groups is 1. The van der Waals surface area contributed by atoms with Crippen molar-refractivity contribution in [3.05, 3.63) is 100.0 Å². The molecule has 0 saturated heterocycles. The second-order valence-electron chi connectivity index (χ2n) is 7.20. The van der Waals surface area contributed by atoms with Gasteiger partial charge < -0.3 is 9.30 Å². The first-order chi connectivity index (χ1) is 15.1. The molecule has 4 nitrogen and oxygen atoms in total. The Labute approximate surface area is 182 Å². The molecule has 0 aliphatic carbocycles. The first-order valence-corrected chi connectivity index (χ1v) is 10.8. The van der Waals surface area contributed by atoms with Crippen molar-refractivity contribution in [1.82, 2.24) is 4.57 Å². The summed E-state index contributed by atoms with van der Waals surface area (Å²) in [7, 11) is 0. The first kappa shape index (κ1) is 19.6. The lowest BCUT2D eigenvalue weighted by molar-refractivity contribution is 0.0518. The van der Waals surface area contributed by atoms with Crippen molar-refractivity contribution in [2.75, 3.05) is 6.61 Å². The number of nitrogens with zero attached hydrogens (tertiary/aromatic N) is 1. The molecule has 1 aliphatic heterocycles. The number of fused-ring (bicyclic) bond motifs is 3. The number of aromatic nitrogens is 1. The van der Waals surface area contributed by atoms with Gasteiger partial charge in [0.1, 0.15) is 16.8 Å². The Bertz CT molecular complexity index is 1370. The summed E-state index contributed by atoms with van der Waals surface area (Å²) < 4.78 is 22.1. The number of rotatable bonds is 4. The van der Waals surface area contributed by atoms with Crippen LogP contribution in [0.15, 0.2) is 82.6 Å². The van der Waals surface area contributed by atoms with E-state index in [4.69, 9.17) is 4.74 Å². The summed E-state index contributed by atoms with van der Waals surface area (Å²) in [5.74, 6) is -1.18. The van der Waals surface area contributed by atoms with Gasteiger partial charge in [-0.15, -0.1) is 0 Å². The minimum absolute atomic E-state index is 0.0293. The molecule has 0 saturated carbocycles. The van der Waals surface area contributed by atoms with Gasteiger partial charge >= 0.3 is 5.97 Å². The molecule has 0 spiro atoms. The Morgan fingerprint density at radius 1 is 1.06 bits per heavy atom. The minimum atomic E-state index is -0.676. The number of thioether (sulfide) groups is 1. The lowest BCUT2D eigenvalue weighted by Crippen LogP contribution is -2.30. The van der Waals surface area contributed by atoms with Crippen molar-refractivity contribution < 1.29 is 13.9 Å². The van der Waals surface area contributed by atoms with Gasteiger partial charge in [0.2, 0.25) is 5.43 Å². The van der Waals surface area contributed by atoms with Crippen LogP contribution in [0.25, 0.3) is 22.0 Å². The zero-order chi connectivity index (χ0) is 21.5. The summed E-state index contributed by atoms with van der Waals surface area (Å²) in [4.78, 5) is 25.8. The second-order valence-corrected chi connectivity index (χ2v) is 8.26. The molecule has 0 amide bonds. The number of hydrogen-bond acceptors (Lipinski definition) is 4. The number of pyridine rings is 1. The second kappa shape index (κ2) is 7.71. The molecule has 1 atom stereocenters. The van der Waals surface area contributed by atoms with Crippen molar-refractivity contribution in [1.29, 1.82) is 0 Å². The van der Waals surface area contributed by atoms with E-state index in [1.807, 2.05) is 65.2 Å². The molecule has 31 heavy (non-hydrogen) atoms. The van der Waals surface area contributed by atoms with Crippen LogP contribution in [0.3, 0.4) is 0 Å². The highest BCUT2D eigenvalue weighted by Gasteiger charge is 2.36. The zero-order valence-electron chi connectivity index (χ0n) is 16.7. The van der Waals surface area contributed by atoms with E-state index in [9.17, 15) is 9.59 Å². The highest BCUT2D eigenvalue weighted by atomic mass is 32.2. The molecule has 0 N–H and O–H groups in total. The van der Waals surface area contributed by atoms with Gasteiger partial charge in [-0.1, -0.05) is 72.4 Å². The van der Waals surface area contributed by atoms with Gasteiger partial charge in [0, 0.05) is 10.9 Å². The lowest BCUT2D eigenvalue weighted by Gasteiger charge is -2.35. The van der Waals surface area contributed by atoms with Crippen LogP contribution in [-0.2, 0) is 4.74 Å². The third-order valence-corrected chi connectivity index (χ3v) is 6.69. The molecule has 5 rings (SSSR count). The quantitative estimate of drug-likeness (QED) is 0.393. The summed E-state index contributed by atoms with van der Waals surface area (Å²) in [6.07, 6.45) is 0. The molecule has 0 fully saturated rings. The largest absolute Gasteiger partial charge is 0.462 e. The van der Waals surface area contributed by atoms with Gasteiger partial charge in [-0.25, -0.2) is 9.18 Å². The first-order valence-electron chi connectivity index (χ1n) is 9.96. The van der Waals surface area contributed by atoms with Crippen LogP contribution in [0.1, 0.15) is 28.2 Å². The molecule has 6 heteroatoms. The van der Waals surface area contributed by atoms with Gasteiger partial charge in [0.15, 0.2) is 0 Å². The summed E-state index contributed by atoms with van der Waals surface area (Å²) in [5.41, 5.74) is 2.23. The monoisotopic (exact) mass is 431 g/mol. The molecule has 1 aliphatic rings. The fourth-order valence-corrected chi connectivity index (χ4v) is 5.20. The van der Waals surface area contributed by atoms with Crippen LogP contribution in [0.4, 0.5) is 4.39 Å². The van der Waals surface area contributed by atoms with Crippen molar-refractivity contribution in [3.8, 4) is 11.1 Å². The Kier molecular flexibility index (Phi) is 4.87. The normalized spacial score (nSPS) is 14.7. The third-order valence-electron chi connectivity index (χ3n) is 5.36. The molecule has 4 aromatic rings. The van der Waals surface area contributed by atoms with E-state index >= 15 is 4.39 Å². The van der Waals surface area contributed by atoms with Gasteiger partial charge in [-0.3, -0.25) is 4.79 Å². The Morgan fingerprint density at radius 2 is 1.74 bits per heavy atom. The maximum Gasteiger partial charge on any atom is 0.344 e. The van der Waals surface area contributed by atoms with E-state index in [2.05, 4.69) is 0 Å². The molecular formula is C25H18FNO3S. The Balaban J connectivity index is 1.81. The molecule has 1 unspecified atom stereocenters. The maximum absolute atomic E-state index is 15.1. The molecule has 1 aromatic heterocycles. The van der Waals surface area contributed by atoms with Crippen molar-refractivity contribution in [2.45, 2.75) is 17.3 Å². The predicted molar refractivity (Wildman–Crippen MR) is 120 cm³/mol. The van der Waals surface area contributed by atoms with Gasteiger partial charge in [0.05, 0.1) is 17.1 Å². The van der Waals surface area contributed by atoms with Gasteiger partial charge in [0.25, 0.3) is 0 Å². The van der Waals surface area contributed by atoms with Crippen LogP contribution in [0.2, 0.25) is 0 Å². The topological polar surface area (TPSA) is 48.3 Å². The van der Waals surface area contributed by atoms with Crippen LogP contribution in [-0.4, -0.2) is 17.1 Å². The maximum atomic E-state index is 15.1. The average Bonchev–Trinajstić information content (AvgIpc) is 2.77.